The Morgan fingerprint density at radius 3 is 3.20 bits per heavy atom. The Hall–Kier alpha value is -1.38. The molecule has 0 spiro atoms. The lowest BCUT2D eigenvalue weighted by Crippen LogP contribution is -2.13. The summed E-state index contributed by atoms with van der Waals surface area (Å²) in [5.74, 6) is 5.72. The van der Waals surface area contributed by atoms with Crippen LogP contribution in [0.2, 0.25) is 0 Å². The van der Waals surface area contributed by atoms with Crippen molar-refractivity contribution in [1.29, 1.82) is 0 Å². The fourth-order valence-electron chi connectivity index (χ4n) is 1.10. The van der Waals surface area contributed by atoms with Gasteiger partial charge in [0, 0.05) is 25.9 Å². The first-order valence-corrected chi connectivity index (χ1v) is 4.97. The molecule has 0 aliphatic carbocycles. The Bertz CT molecular complexity index is 337. The second kappa shape index (κ2) is 6.98. The normalized spacial score (nSPS) is 9.73. The van der Waals surface area contributed by atoms with E-state index < -0.39 is 0 Å². The average Bonchev–Trinajstić information content (AvgIpc) is 2.69. The van der Waals surface area contributed by atoms with Gasteiger partial charge in [-0.25, -0.2) is 0 Å². The summed E-state index contributed by atoms with van der Waals surface area (Å²) < 4.78 is 1.73. The Morgan fingerprint density at radius 1 is 1.60 bits per heavy atom. The van der Waals surface area contributed by atoms with Gasteiger partial charge in [0.25, 0.3) is 0 Å². The third kappa shape index (κ3) is 4.58. The predicted octanol–water partition coefficient (Wildman–Crippen LogP) is -0.227. The molecular formula is C10H16N4O. The van der Waals surface area contributed by atoms with Gasteiger partial charge in [-0.05, 0) is 13.3 Å². The topological polar surface area (TPSA) is 63.0 Å². The van der Waals surface area contributed by atoms with E-state index >= 15 is 0 Å². The molecule has 0 unspecified atom stereocenters. The van der Waals surface area contributed by atoms with Gasteiger partial charge in [0.15, 0.2) is 0 Å². The summed E-state index contributed by atoms with van der Waals surface area (Å²) in [6.07, 6.45) is 2.58. The lowest BCUT2D eigenvalue weighted by atomic mass is 10.4. The monoisotopic (exact) mass is 208 g/mol. The lowest BCUT2D eigenvalue weighted by molar-refractivity contribution is 0.276. The number of aromatic nitrogens is 3. The van der Waals surface area contributed by atoms with Crippen LogP contribution in [0.3, 0.4) is 0 Å². The van der Waals surface area contributed by atoms with Crippen LogP contribution in [0, 0.1) is 11.8 Å². The molecule has 2 N–H and O–H groups in total. The number of aliphatic hydroxyl groups is 1. The molecule has 0 aliphatic heterocycles. The van der Waals surface area contributed by atoms with Crippen molar-refractivity contribution in [2.75, 3.05) is 13.2 Å². The van der Waals surface area contributed by atoms with Crippen LogP contribution >= 0.6 is 0 Å². The van der Waals surface area contributed by atoms with Gasteiger partial charge in [0.1, 0.15) is 0 Å². The van der Waals surface area contributed by atoms with Crippen LogP contribution in [0.25, 0.3) is 0 Å². The van der Waals surface area contributed by atoms with Crippen molar-refractivity contribution in [2.24, 2.45) is 0 Å². The first kappa shape index (κ1) is 11.7. The number of hydrogen-bond acceptors (Lipinski definition) is 4. The van der Waals surface area contributed by atoms with E-state index in [2.05, 4.69) is 27.5 Å². The van der Waals surface area contributed by atoms with Gasteiger partial charge >= 0.3 is 0 Å². The molecule has 0 aliphatic rings. The van der Waals surface area contributed by atoms with E-state index in [0.29, 0.717) is 26.1 Å². The average molecular weight is 208 g/mol. The van der Waals surface area contributed by atoms with Gasteiger partial charge in [0.2, 0.25) is 0 Å². The minimum absolute atomic E-state index is 0.180. The van der Waals surface area contributed by atoms with Gasteiger partial charge in [-0.3, -0.25) is 4.68 Å². The zero-order valence-corrected chi connectivity index (χ0v) is 8.90. The van der Waals surface area contributed by atoms with Gasteiger partial charge < -0.3 is 10.4 Å². The molecular weight excluding hydrogens is 192 g/mol. The van der Waals surface area contributed by atoms with E-state index in [-0.39, 0.29) is 6.61 Å². The van der Waals surface area contributed by atoms with Crippen molar-refractivity contribution in [3.8, 4) is 11.8 Å². The van der Waals surface area contributed by atoms with E-state index in [9.17, 15) is 0 Å². The molecule has 82 valence electrons. The summed E-state index contributed by atoms with van der Waals surface area (Å²) in [5.41, 5.74) is 0.894. The number of aryl methyl sites for hydroxylation is 1. The fourth-order valence-corrected chi connectivity index (χ4v) is 1.10. The molecule has 0 fully saturated rings. The summed E-state index contributed by atoms with van der Waals surface area (Å²) in [7, 11) is 0. The number of aliphatic hydroxyl groups excluding tert-OH is 1. The third-order valence-electron chi connectivity index (χ3n) is 1.83. The minimum atomic E-state index is 0.180. The number of nitrogens with one attached hydrogen (secondary N) is 1. The second-order valence-electron chi connectivity index (χ2n) is 3.08. The van der Waals surface area contributed by atoms with Gasteiger partial charge in [0.05, 0.1) is 12.2 Å². The van der Waals surface area contributed by atoms with E-state index in [1.165, 1.54) is 0 Å². The quantitative estimate of drug-likeness (QED) is 0.501. The van der Waals surface area contributed by atoms with E-state index in [4.69, 9.17) is 5.11 Å². The summed E-state index contributed by atoms with van der Waals surface area (Å²) in [5, 5.41) is 19.7. The molecule has 5 heteroatoms. The Labute approximate surface area is 89.5 Å². The summed E-state index contributed by atoms with van der Waals surface area (Å²) in [6.45, 7) is 4.04. The SMILES string of the molecule is CC#CCNCc1cn(CCCO)nn1. The Balaban J connectivity index is 2.28. The zero-order chi connectivity index (χ0) is 10.9. The molecule has 1 heterocycles. The highest BCUT2D eigenvalue weighted by molar-refractivity contribution is 4.98. The van der Waals surface area contributed by atoms with Crippen LogP contribution in [-0.4, -0.2) is 33.3 Å². The van der Waals surface area contributed by atoms with Crippen molar-refractivity contribution in [3.63, 3.8) is 0 Å². The molecule has 0 saturated heterocycles. The summed E-state index contributed by atoms with van der Waals surface area (Å²) in [4.78, 5) is 0. The van der Waals surface area contributed by atoms with Crippen molar-refractivity contribution in [2.45, 2.75) is 26.4 Å². The van der Waals surface area contributed by atoms with Crippen LogP contribution in [0.15, 0.2) is 6.20 Å². The third-order valence-corrected chi connectivity index (χ3v) is 1.83. The molecule has 15 heavy (non-hydrogen) atoms. The Morgan fingerprint density at radius 2 is 2.47 bits per heavy atom. The van der Waals surface area contributed by atoms with Crippen LogP contribution in [0.1, 0.15) is 19.0 Å². The van der Waals surface area contributed by atoms with Crippen molar-refractivity contribution < 1.29 is 5.11 Å². The van der Waals surface area contributed by atoms with Crippen LogP contribution < -0.4 is 5.32 Å². The predicted molar refractivity (Wildman–Crippen MR) is 56.9 cm³/mol. The molecule has 0 radical (unpaired) electrons. The zero-order valence-electron chi connectivity index (χ0n) is 8.90. The van der Waals surface area contributed by atoms with Crippen molar-refractivity contribution in [1.82, 2.24) is 20.3 Å². The first-order valence-electron chi connectivity index (χ1n) is 4.97. The van der Waals surface area contributed by atoms with Gasteiger partial charge in [-0.2, -0.15) is 0 Å². The molecule has 1 aromatic heterocycles. The van der Waals surface area contributed by atoms with E-state index in [0.717, 1.165) is 5.69 Å². The molecule has 1 rings (SSSR count). The number of nitrogens with zero attached hydrogens (tertiary/aromatic N) is 3. The smallest absolute Gasteiger partial charge is 0.0965 e. The minimum Gasteiger partial charge on any atom is -0.396 e. The van der Waals surface area contributed by atoms with Crippen LogP contribution in [0.5, 0.6) is 0 Å². The standard InChI is InChI=1S/C10H16N4O/c1-2-3-5-11-8-10-9-14(13-12-10)6-4-7-15/h9,11,15H,4-8H2,1H3. The number of hydrogen-bond donors (Lipinski definition) is 2. The van der Waals surface area contributed by atoms with Crippen LogP contribution in [0.4, 0.5) is 0 Å². The molecule has 0 amide bonds. The maximum absolute atomic E-state index is 8.65. The molecule has 1 aromatic rings. The van der Waals surface area contributed by atoms with E-state index in [1.54, 1.807) is 4.68 Å². The van der Waals surface area contributed by atoms with Crippen LogP contribution in [-0.2, 0) is 13.1 Å². The molecule has 0 atom stereocenters. The van der Waals surface area contributed by atoms with E-state index in [1.807, 2.05) is 13.1 Å². The fraction of sp³-hybridized carbons (Fsp3) is 0.600. The summed E-state index contributed by atoms with van der Waals surface area (Å²) in [6, 6.07) is 0. The highest BCUT2D eigenvalue weighted by Gasteiger charge is 1.98. The highest BCUT2D eigenvalue weighted by Crippen LogP contribution is 1.93. The molecule has 0 saturated carbocycles. The molecule has 5 nitrogen and oxygen atoms in total. The van der Waals surface area contributed by atoms with Crippen molar-refractivity contribution >= 4 is 0 Å². The second-order valence-corrected chi connectivity index (χ2v) is 3.08. The van der Waals surface area contributed by atoms with Gasteiger partial charge in [-0.1, -0.05) is 11.1 Å². The maximum atomic E-state index is 8.65. The first-order chi connectivity index (χ1) is 7.36. The lowest BCUT2D eigenvalue weighted by Gasteiger charge is -1.96. The Kier molecular flexibility index (Phi) is 5.44. The number of rotatable bonds is 6. The van der Waals surface area contributed by atoms with Gasteiger partial charge in [-0.15, -0.1) is 11.0 Å². The van der Waals surface area contributed by atoms with Crippen molar-refractivity contribution in [3.05, 3.63) is 11.9 Å². The summed E-state index contributed by atoms with van der Waals surface area (Å²) >= 11 is 0. The molecule has 0 aromatic carbocycles. The largest absolute Gasteiger partial charge is 0.396 e. The maximum Gasteiger partial charge on any atom is 0.0965 e. The highest BCUT2D eigenvalue weighted by atomic mass is 16.3. The molecule has 0 bridgehead atoms.